The van der Waals surface area contributed by atoms with E-state index in [2.05, 4.69) is 78.6 Å². The molecular formula is C23H27N5. The van der Waals surface area contributed by atoms with Gasteiger partial charge < -0.3 is 4.90 Å². The Morgan fingerprint density at radius 3 is 2.54 bits per heavy atom. The minimum atomic E-state index is 0.752. The first-order chi connectivity index (χ1) is 13.7. The standard InChI is InChI=1S/C23H27N5/c1-19-7-6-10-21(15-19)23-22(16-24-27-13-11-26(2)12-14-27)18-28(25-23)17-20-8-4-3-5-9-20/h3-10,15-16,18H,11-14,17H2,1-2H3/b24-16-. The van der Waals surface area contributed by atoms with Crippen LogP contribution in [-0.2, 0) is 6.54 Å². The van der Waals surface area contributed by atoms with Crippen molar-refractivity contribution in [3.05, 3.63) is 77.5 Å². The molecule has 4 rings (SSSR count). The highest BCUT2D eigenvalue weighted by atomic mass is 15.5. The number of hydrazone groups is 1. The average molecular weight is 374 g/mol. The molecule has 1 saturated heterocycles. The summed E-state index contributed by atoms with van der Waals surface area (Å²) in [5.74, 6) is 0. The fourth-order valence-corrected chi connectivity index (χ4v) is 3.45. The molecule has 0 saturated carbocycles. The molecule has 0 atom stereocenters. The maximum atomic E-state index is 4.89. The summed E-state index contributed by atoms with van der Waals surface area (Å²) >= 11 is 0. The zero-order chi connectivity index (χ0) is 19.3. The van der Waals surface area contributed by atoms with E-state index in [9.17, 15) is 0 Å². The number of benzene rings is 2. The van der Waals surface area contributed by atoms with E-state index in [0.29, 0.717) is 0 Å². The first-order valence-corrected chi connectivity index (χ1v) is 9.83. The first kappa shape index (κ1) is 18.4. The van der Waals surface area contributed by atoms with E-state index in [1.165, 1.54) is 11.1 Å². The zero-order valence-electron chi connectivity index (χ0n) is 16.6. The normalized spacial score (nSPS) is 15.4. The van der Waals surface area contributed by atoms with E-state index in [0.717, 1.165) is 49.5 Å². The molecule has 5 nitrogen and oxygen atoms in total. The quantitative estimate of drug-likeness (QED) is 0.643. The Morgan fingerprint density at radius 2 is 1.79 bits per heavy atom. The number of piperazine rings is 1. The molecule has 0 bridgehead atoms. The molecule has 1 fully saturated rings. The predicted molar refractivity (Wildman–Crippen MR) is 115 cm³/mol. The van der Waals surface area contributed by atoms with Gasteiger partial charge in [-0.2, -0.15) is 10.2 Å². The number of aromatic nitrogens is 2. The Labute approximate surface area is 166 Å². The topological polar surface area (TPSA) is 36.7 Å². The van der Waals surface area contributed by atoms with Crippen LogP contribution >= 0.6 is 0 Å². The highest BCUT2D eigenvalue weighted by Gasteiger charge is 2.13. The van der Waals surface area contributed by atoms with Gasteiger partial charge in [-0.25, -0.2) is 0 Å². The van der Waals surface area contributed by atoms with Crippen LogP contribution in [0.3, 0.4) is 0 Å². The third-order valence-corrected chi connectivity index (χ3v) is 5.11. The Kier molecular flexibility index (Phi) is 5.53. The Morgan fingerprint density at radius 1 is 1.00 bits per heavy atom. The maximum absolute atomic E-state index is 4.89. The number of nitrogens with zero attached hydrogens (tertiary/aromatic N) is 5. The van der Waals surface area contributed by atoms with Crippen molar-refractivity contribution in [1.82, 2.24) is 19.7 Å². The van der Waals surface area contributed by atoms with Gasteiger partial charge in [0, 0.05) is 43.5 Å². The fourth-order valence-electron chi connectivity index (χ4n) is 3.45. The summed E-state index contributed by atoms with van der Waals surface area (Å²) in [5, 5.41) is 11.8. The number of likely N-dealkylation sites (N-methyl/N-ethyl adjacent to an activating group) is 1. The molecule has 1 aliphatic rings. The molecule has 1 aromatic heterocycles. The molecule has 0 aliphatic carbocycles. The van der Waals surface area contributed by atoms with Gasteiger partial charge in [0.2, 0.25) is 0 Å². The van der Waals surface area contributed by atoms with E-state index in [1.54, 1.807) is 0 Å². The van der Waals surface area contributed by atoms with Gasteiger partial charge in [0.25, 0.3) is 0 Å². The Hall–Kier alpha value is -2.92. The second-order valence-electron chi connectivity index (χ2n) is 7.49. The minimum absolute atomic E-state index is 0.752. The molecule has 5 heteroatoms. The fraction of sp³-hybridized carbons (Fsp3) is 0.304. The molecule has 0 N–H and O–H groups in total. The summed E-state index contributed by atoms with van der Waals surface area (Å²) in [6, 6.07) is 18.9. The Bertz CT molecular complexity index is 937. The van der Waals surface area contributed by atoms with Gasteiger partial charge in [0.15, 0.2) is 0 Å². The molecule has 0 radical (unpaired) electrons. The molecule has 3 aromatic rings. The lowest BCUT2D eigenvalue weighted by atomic mass is 10.1. The molecule has 28 heavy (non-hydrogen) atoms. The van der Waals surface area contributed by atoms with E-state index in [1.807, 2.05) is 17.0 Å². The second kappa shape index (κ2) is 8.40. The molecule has 2 heterocycles. The summed E-state index contributed by atoms with van der Waals surface area (Å²) in [5.41, 5.74) is 5.64. The molecular weight excluding hydrogens is 346 g/mol. The number of hydrogen-bond acceptors (Lipinski definition) is 4. The van der Waals surface area contributed by atoms with Gasteiger partial charge in [0.05, 0.1) is 12.8 Å². The summed E-state index contributed by atoms with van der Waals surface area (Å²) in [6.07, 6.45) is 4.07. The van der Waals surface area contributed by atoms with Crippen LogP contribution in [0, 0.1) is 6.92 Å². The SMILES string of the molecule is Cc1cccc(-c2nn(Cc3ccccc3)cc2/C=N\N2CCN(C)CC2)c1. The summed E-state index contributed by atoms with van der Waals surface area (Å²) in [7, 11) is 2.16. The minimum Gasteiger partial charge on any atom is -0.303 e. The highest BCUT2D eigenvalue weighted by Crippen LogP contribution is 2.22. The number of rotatable bonds is 5. The van der Waals surface area contributed by atoms with Crippen LogP contribution in [0.15, 0.2) is 65.9 Å². The molecule has 144 valence electrons. The largest absolute Gasteiger partial charge is 0.303 e. The van der Waals surface area contributed by atoms with Crippen LogP contribution in [0.5, 0.6) is 0 Å². The van der Waals surface area contributed by atoms with Crippen molar-refractivity contribution in [2.75, 3.05) is 33.2 Å². The zero-order valence-corrected chi connectivity index (χ0v) is 16.6. The lowest BCUT2D eigenvalue weighted by Gasteiger charge is -2.30. The maximum Gasteiger partial charge on any atom is 0.101 e. The van der Waals surface area contributed by atoms with E-state index in [-0.39, 0.29) is 0 Å². The van der Waals surface area contributed by atoms with Crippen LogP contribution in [0.4, 0.5) is 0 Å². The molecule has 0 unspecified atom stereocenters. The smallest absolute Gasteiger partial charge is 0.101 e. The van der Waals surface area contributed by atoms with Crippen molar-refractivity contribution >= 4 is 6.21 Å². The van der Waals surface area contributed by atoms with Crippen LogP contribution in [0.25, 0.3) is 11.3 Å². The van der Waals surface area contributed by atoms with Gasteiger partial charge in [-0.3, -0.25) is 9.69 Å². The number of hydrogen-bond donors (Lipinski definition) is 0. The average Bonchev–Trinajstić information content (AvgIpc) is 3.11. The lowest BCUT2D eigenvalue weighted by Crippen LogP contribution is -2.41. The Balaban J connectivity index is 1.62. The van der Waals surface area contributed by atoms with Gasteiger partial charge in [0.1, 0.15) is 5.69 Å². The molecule has 0 amide bonds. The van der Waals surface area contributed by atoms with Gasteiger partial charge >= 0.3 is 0 Å². The monoisotopic (exact) mass is 373 g/mol. The van der Waals surface area contributed by atoms with Crippen molar-refractivity contribution in [3.8, 4) is 11.3 Å². The summed E-state index contributed by atoms with van der Waals surface area (Å²) < 4.78 is 2.01. The lowest BCUT2D eigenvalue weighted by molar-refractivity contribution is 0.159. The molecule has 2 aromatic carbocycles. The first-order valence-electron chi connectivity index (χ1n) is 9.83. The second-order valence-corrected chi connectivity index (χ2v) is 7.49. The number of aryl methyl sites for hydroxylation is 1. The van der Waals surface area contributed by atoms with Gasteiger partial charge in [-0.15, -0.1) is 0 Å². The van der Waals surface area contributed by atoms with E-state index < -0.39 is 0 Å². The molecule has 1 aliphatic heterocycles. The van der Waals surface area contributed by atoms with E-state index in [4.69, 9.17) is 10.2 Å². The highest BCUT2D eigenvalue weighted by molar-refractivity contribution is 5.88. The van der Waals surface area contributed by atoms with Gasteiger partial charge in [-0.1, -0.05) is 54.1 Å². The summed E-state index contributed by atoms with van der Waals surface area (Å²) in [6.45, 7) is 6.89. The predicted octanol–water partition coefficient (Wildman–Crippen LogP) is 3.49. The van der Waals surface area contributed by atoms with Crippen molar-refractivity contribution in [3.63, 3.8) is 0 Å². The molecule has 0 spiro atoms. The van der Waals surface area contributed by atoms with Crippen LogP contribution < -0.4 is 0 Å². The van der Waals surface area contributed by atoms with Crippen molar-refractivity contribution in [2.45, 2.75) is 13.5 Å². The van der Waals surface area contributed by atoms with Crippen molar-refractivity contribution in [1.29, 1.82) is 0 Å². The van der Waals surface area contributed by atoms with Crippen LogP contribution in [-0.4, -0.2) is 59.1 Å². The van der Waals surface area contributed by atoms with Crippen molar-refractivity contribution < 1.29 is 0 Å². The van der Waals surface area contributed by atoms with Crippen molar-refractivity contribution in [2.24, 2.45) is 5.10 Å². The third kappa shape index (κ3) is 4.49. The third-order valence-electron chi connectivity index (χ3n) is 5.11. The van der Waals surface area contributed by atoms with E-state index >= 15 is 0 Å². The van der Waals surface area contributed by atoms with Crippen LogP contribution in [0.1, 0.15) is 16.7 Å². The van der Waals surface area contributed by atoms with Gasteiger partial charge in [-0.05, 0) is 25.6 Å². The van der Waals surface area contributed by atoms with Crippen LogP contribution in [0.2, 0.25) is 0 Å². The summed E-state index contributed by atoms with van der Waals surface area (Å²) in [4.78, 5) is 2.34.